The number of nitrogens with one attached hydrogen (secondary N) is 1. The predicted octanol–water partition coefficient (Wildman–Crippen LogP) is 4.01. The molecule has 2 amide bonds. The predicted molar refractivity (Wildman–Crippen MR) is 107 cm³/mol. The van der Waals surface area contributed by atoms with E-state index in [9.17, 15) is 14.0 Å². The van der Waals surface area contributed by atoms with Gasteiger partial charge in [-0.3, -0.25) is 4.79 Å². The van der Waals surface area contributed by atoms with Gasteiger partial charge in [-0.15, -0.1) is 0 Å². The molecule has 2 aliphatic heterocycles. The minimum Gasteiger partial charge on any atom is -0.450 e. The van der Waals surface area contributed by atoms with Crippen molar-refractivity contribution in [1.82, 2.24) is 9.80 Å². The standard InChI is InChI=1S/C22H24FN3O3/c1-2-29-22(28)25-12-10-17(11-13-25)26-20(24-16-7-5-6-15(23)14-16)18-8-3-4-9-19(18)21(26)27/h3-9,14,17,20,24H,2,10-13H2,1H3. The number of rotatable bonds is 4. The summed E-state index contributed by atoms with van der Waals surface area (Å²) in [4.78, 5) is 28.7. The lowest BCUT2D eigenvalue weighted by atomic mass is 10.0. The van der Waals surface area contributed by atoms with E-state index in [1.165, 1.54) is 12.1 Å². The van der Waals surface area contributed by atoms with Gasteiger partial charge in [0.1, 0.15) is 12.0 Å². The highest BCUT2D eigenvalue weighted by molar-refractivity contribution is 5.99. The average molecular weight is 397 g/mol. The van der Waals surface area contributed by atoms with Crippen LogP contribution in [0, 0.1) is 5.82 Å². The Morgan fingerprint density at radius 2 is 1.93 bits per heavy atom. The van der Waals surface area contributed by atoms with Gasteiger partial charge in [-0.2, -0.15) is 0 Å². The molecular weight excluding hydrogens is 373 g/mol. The summed E-state index contributed by atoms with van der Waals surface area (Å²) in [5, 5.41) is 3.33. The van der Waals surface area contributed by atoms with Crippen LogP contribution in [0.2, 0.25) is 0 Å². The Labute approximate surface area is 169 Å². The molecule has 1 atom stereocenters. The Bertz CT molecular complexity index is 912. The smallest absolute Gasteiger partial charge is 0.409 e. The van der Waals surface area contributed by atoms with Gasteiger partial charge in [0.2, 0.25) is 0 Å². The fourth-order valence-corrected chi connectivity index (χ4v) is 4.14. The Balaban J connectivity index is 1.56. The molecule has 1 saturated heterocycles. The first-order valence-electron chi connectivity index (χ1n) is 9.94. The minimum atomic E-state index is -0.375. The Morgan fingerprint density at radius 1 is 1.17 bits per heavy atom. The van der Waals surface area contributed by atoms with Crippen LogP contribution in [-0.2, 0) is 4.74 Å². The third-order valence-corrected chi connectivity index (χ3v) is 5.51. The van der Waals surface area contributed by atoms with E-state index in [0.29, 0.717) is 43.8 Å². The summed E-state index contributed by atoms with van der Waals surface area (Å²) >= 11 is 0. The first-order chi connectivity index (χ1) is 14.1. The highest BCUT2D eigenvalue weighted by Crippen LogP contribution is 2.38. The second-order valence-electron chi connectivity index (χ2n) is 7.27. The molecule has 2 aliphatic rings. The van der Waals surface area contributed by atoms with E-state index in [1.54, 1.807) is 24.0 Å². The number of amides is 2. The van der Waals surface area contributed by atoms with Crippen molar-refractivity contribution in [1.29, 1.82) is 0 Å². The van der Waals surface area contributed by atoms with Gasteiger partial charge in [0.05, 0.1) is 6.61 Å². The summed E-state index contributed by atoms with van der Waals surface area (Å²) in [7, 11) is 0. The molecule has 1 N–H and O–H groups in total. The van der Waals surface area contributed by atoms with E-state index in [-0.39, 0.29) is 30.0 Å². The highest BCUT2D eigenvalue weighted by atomic mass is 19.1. The van der Waals surface area contributed by atoms with Crippen molar-refractivity contribution >= 4 is 17.7 Å². The zero-order chi connectivity index (χ0) is 20.4. The van der Waals surface area contributed by atoms with Crippen molar-refractivity contribution in [3.8, 4) is 0 Å². The number of anilines is 1. The number of ether oxygens (including phenoxy) is 1. The SMILES string of the molecule is CCOC(=O)N1CCC(N2C(=O)c3ccccc3C2Nc2cccc(F)c2)CC1. The molecule has 0 radical (unpaired) electrons. The molecule has 1 unspecified atom stereocenters. The molecule has 0 aromatic heterocycles. The molecule has 6 nitrogen and oxygen atoms in total. The van der Waals surface area contributed by atoms with Crippen LogP contribution in [0.25, 0.3) is 0 Å². The second kappa shape index (κ2) is 8.11. The number of hydrogen-bond acceptors (Lipinski definition) is 4. The summed E-state index contributed by atoms with van der Waals surface area (Å²) in [6.07, 6.45) is 0.649. The van der Waals surface area contributed by atoms with Crippen molar-refractivity contribution in [2.24, 2.45) is 0 Å². The van der Waals surface area contributed by atoms with Crippen molar-refractivity contribution in [2.45, 2.75) is 32.0 Å². The van der Waals surface area contributed by atoms with E-state index in [0.717, 1.165) is 5.56 Å². The van der Waals surface area contributed by atoms with Crippen LogP contribution in [-0.4, -0.2) is 47.5 Å². The summed E-state index contributed by atoms with van der Waals surface area (Å²) in [6, 6.07) is 13.7. The van der Waals surface area contributed by atoms with Crippen LogP contribution in [0.1, 0.15) is 41.9 Å². The number of halogens is 1. The highest BCUT2D eigenvalue weighted by Gasteiger charge is 2.42. The molecule has 0 spiro atoms. The topological polar surface area (TPSA) is 61.9 Å². The lowest BCUT2D eigenvalue weighted by molar-refractivity contribution is 0.0496. The lowest BCUT2D eigenvalue weighted by Crippen LogP contribution is -2.49. The quantitative estimate of drug-likeness (QED) is 0.847. The molecule has 7 heteroatoms. The molecule has 152 valence electrons. The van der Waals surface area contributed by atoms with Crippen LogP contribution < -0.4 is 5.32 Å². The van der Waals surface area contributed by atoms with Crippen LogP contribution in [0.15, 0.2) is 48.5 Å². The number of nitrogens with zero attached hydrogens (tertiary/aromatic N) is 2. The molecule has 2 aromatic carbocycles. The van der Waals surface area contributed by atoms with Crippen LogP contribution in [0.5, 0.6) is 0 Å². The molecule has 4 rings (SSSR count). The van der Waals surface area contributed by atoms with Gasteiger partial charge in [-0.05, 0) is 44.0 Å². The average Bonchev–Trinajstić information content (AvgIpc) is 3.00. The third-order valence-electron chi connectivity index (χ3n) is 5.51. The van der Waals surface area contributed by atoms with Crippen molar-refractivity contribution in [3.05, 3.63) is 65.5 Å². The Kier molecular flexibility index (Phi) is 5.38. The zero-order valence-electron chi connectivity index (χ0n) is 16.3. The van der Waals surface area contributed by atoms with E-state index in [4.69, 9.17) is 4.74 Å². The molecule has 2 aromatic rings. The molecule has 2 heterocycles. The third kappa shape index (κ3) is 3.77. The van der Waals surface area contributed by atoms with E-state index in [1.807, 2.05) is 29.2 Å². The summed E-state index contributed by atoms with van der Waals surface area (Å²) < 4.78 is 18.8. The first kappa shape index (κ1) is 19.2. The fraction of sp³-hybridized carbons (Fsp3) is 0.364. The number of fused-ring (bicyclic) bond motifs is 1. The zero-order valence-corrected chi connectivity index (χ0v) is 16.3. The largest absolute Gasteiger partial charge is 0.450 e. The van der Waals surface area contributed by atoms with Gasteiger partial charge in [-0.25, -0.2) is 9.18 Å². The van der Waals surface area contributed by atoms with Crippen molar-refractivity contribution in [2.75, 3.05) is 25.0 Å². The van der Waals surface area contributed by atoms with Crippen molar-refractivity contribution in [3.63, 3.8) is 0 Å². The van der Waals surface area contributed by atoms with Gasteiger partial charge in [0, 0.05) is 35.9 Å². The molecule has 0 bridgehead atoms. The van der Waals surface area contributed by atoms with Crippen LogP contribution in [0.3, 0.4) is 0 Å². The maximum Gasteiger partial charge on any atom is 0.409 e. The number of benzene rings is 2. The maximum atomic E-state index is 13.7. The van der Waals surface area contributed by atoms with Crippen LogP contribution >= 0.6 is 0 Å². The Hall–Kier alpha value is -3.09. The van der Waals surface area contributed by atoms with Crippen molar-refractivity contribution < 1.29 is 18.7 Å². The molecule has 0 aliphatic carbocycles. The number of carbonyl (C=O) groups is 2. The van der Waals surface area contributed by atoms with Gasteiger partial charge < -0.3 is 19.9 Å². The van der Waals surface area contributed by atoms with E-state index < -0.39 is 0 Å². The second-order valence-corrected chi connectivity index (χ2v) is 7.27. The van der Waals surface area contributed by atoms with Gasteiger partial charge in [0.25, 0.3) is 5.91 Å². The van der Waals surface area contributed by atoms with Crippen LogP contribution in [0.4, 0.5) is 14.9 Å². The monoisotopic (exact) mass is 397 g/mol. The number of likely N-dealkylation sites (tertiary alicyclic amines) is 1. The van der Waals surface area contributed by atoms with Gasteiger partial charge in [0.15, 0.2) is 0 Å². The fourth-order valence-electron chi connectivity index (χ4n) is 4.14. The molecular formula is C22H24FN3O3. The normalized spacial score (nSPS) is 19.2. The maximum absolute atomic E-state index is 13.7. The lowest BCUT2D eigenvalue weighted by Gasteiger charge is -2.39. The summed E-state index contributed by atoms with van der Waals surface area (Å²) in [5.74, 6) is -0.369. The van der Waals surface area contributed by atoms with E-state index >= 15 is 0 Å². The van der Waals surface area contributed by atoms with Gasteiger partial charge >= 0.3 is 6.09 Å². The van der Waals surface area contributed by atoms with Gasteiger partial charge in [-0.1, -0.05) is 24.3 Å². The number of piperidine rings is 1. The number of carbonyl (C=O) groups excluding carboxylic acids is 2. The summed E-state index contributed by atoms with van der Waals surface area (Å²) in [6.45, 7) is 3.21. The molecule has 29 heavy (non-hydrogen) atoms. The molecule has 0 saturated carbocycles. The number of hydrogen-bond donors (Lipinski definition) is 1. The minimum absolute atomic E-state index is 0.0216. The summed E-state index contributed by atoms with van der Waals surface area (Å²) in [5.41, 5.74) is 2.16. The first-order valence-corrected chi connectivity index (χ1v) is 9.94. The molecule has 1 fully saturated rings. The van der Waals surface area contributed by atoms with E-state index in [2.05, 4.69) is 5.32 Å². The Morgan fingerprint density at radius 3 is 2.66 bits per heavy atom.